The van der Waals surface area contributed by atoms with Crippen molar-refractivity contribution >= 4 is 11.8 Å². The average molecular weight is 308 g/mol. The molecule has 124 valence electrons. The number of hydrogen-bond donors (Lipinski definition) is 0. The molecule has 5 nitrogen and oxygen atoms in total. The third-order valence-electron chi connectivity index (χ3n) is 5.64. The maximum Gasteiger partial charge on any atom is 0.231 e. The van der Waals surface area contributed by atoms with Gasteiger partial charge in [-0.15, -0.1) is 0 Å². The Morgan fingerprint density at radius 3 is 2.68 bits per heavy atom. The molecule has 0 N–H and O–H groups in total. The van der Waals surface area contributed by atoms with Gasteiger partial charge in [-0.2, -0.15) is 0 Å². The molecule has 0 bridgehead atoms. The standard InChI is InChI=1S/C17H28N2O3/c1-22-13-17(7-4-8-17)16(21)19-10-2-5-14(12-19)11-18-9-3-6-15(18)20/h14H,2-13H2,1H3/t14-/m1/s1. The van der Waals surface area contributed by atoms with Crippen LogP contribution < -0.4 is 0 Å². The summed E-state index contributed by atoms with van der Waals surface area (Å²) in [7, 11) is 1.69. The van der Waals surface area contributed by atoms with Crippen molar-refractivity contribution in [1.29, 1.82) is 0 Å². The van der Waals surface area contributed by atoms with Crippen molar-refractivity contribution in [3.63, 3.8) is 0 Å². The Kier molecular flexibility index (Phi) is 4.71. The number of carbonyl (C=O) groups is 2. The maximum atomic E-state index is 12.9. The lowest BCUT2D eigenvalue weighted by Gasteiger charge is -2.45. The predicted molar refractivity (Wildman–Crippen MR) is 83.3 cm³/mol. The van der Waals surface area contributed by atoms with Gasteiger partial charge in [-0.1, -0.05) is 6.42 Å². The Morgan fingerprint density at radius 2 is 2.09 bits per heavy atom. The predicted octanol–water partition coefficient (Wildman–Crippen LogP) is 1.66. The Balaban J connectivity index is 1.58. The second-order valence-electron chi connectivity index (χ2n) is 7.27. The van der Waals surface area contributed by atoms with E-state index in [1.54, 1.807) is 7.11 Å². The van der Waals surface area contributed by atoms with Crippen LogP contribution in [0.25, 0.3) is 0 Å². The van der Waals surface area contributed by atoms with Gasteiger partial charge in [0.05, 0.1) is 12.0 Å². The molecular weight excluding hydrogens is 280 g/mol. The van der Waals surface area contributed by atoms with Gasteiger partial charge in [-0.25, -0.2) is 0 Å². The summed E-state index contributed by atoms with van der Waals surface area (Å²) in [6.07, 6.45) is 6.94. The van der Waals surface area contributed by atoms with E-state index in [9.17, 15) is 9.59 Å². The highest BCUT2D eigenvalue weighted by atomic mass is 16.5. The summed E-state index contributed by atoms with van der Waals surface area (Å²) in [6, 6.07) is 0. The Labute approximate surface area is 133 Å². The maximum absolute atomic E-state index is 12.9. The monoisotopic (exact) mass is 308 g/mol. The van der Waals surface area contributed by atoms with E-state index in [1.165, 1.54) is 0 Å². The van der Waals surface area contributed by atoms with Gasteiger partial charge >= 0.3 is 0 Å². The van der Waals surface area contributed by atoms with E-state index in [1.807, 2.05) is 9.80 Å². The van der Waals surface area contributed by atoms with Crippen LogP contribution in [0.4, 0.5) is 0 Å². The second kappa shape index (κ2) is 6.57. The summed E-state index contributed by atoms with van der Waals surface area (Å²) < 4.78 is 5.31. The van der Waals surface area contributed by atoms with Gasteiger partial charge in [0, 0.05) is 39.7 Å². The summed E-state index contributed by atoms with van der Waals surface area (Å²) in [5.74, 6) is 1.02. The van der Waals surface area contributed by atoms with Gasteiger partial charge in [-0.3, -0.25) is 9.59 Å². The van der Waals surface area contributed by atoms with Gasteiger partial charge in [0.2, 0.25) is 11.8 Å². The highest BCUT2D eigenvalue weighted by Crippen LogP contribution is 2.43. The molecule has 0 aromatic carbocycles. The van der Waals surface area contributed by atoms with Crippen molar-refractivity contribution in [2.24, 2.45) is 11.3 Å². The topological polar surface area (TPSA) is 49.9 Å². The largest absolute Gasteiger partial charge is 0.384 e. The van der Waals surface area contributed by atoms with Crippen LogP contribution in [0, 0.1) is 11.3 Å². The Hall–Kier alpha value is -1.10. The number of piperidine rings is 1. The quantitative estimate of drug-likeness (QED) is 0.776. The summed E-state index contributed by atoms with van der Waals surface area (Å²) in [5.41, 5.74) is -0.250. The van der Waals surface area contributed by atoms with Gasteiger partial charge in [-0.05, 0) is 38.0 Å². The molecule has 1 saturated carbocycles. The van der Waals surface area contributed by atoms with E-state index >= 15 is 0 Å². The lowest BCUT2D eigenvalue weighted by atomic mass is 9.68. The molecule has 1 aliphatic carbocycles. The zero-order valence-corrected chi connectivity index (χ0v) is 13.7. The molecule has 2 saturated heterocycles. The zero-order chi connectivity index (χ0) is 15.6. The molecule has 1 atom stereocenters. The SMILES string of the molecule is COCC1(C(=O)N2CCC[C@H](CN3CCCC3=O)C2)CCC1. The van der Waals surface area contributed by atoms with Crippen LogP contribution in [-0.2, 0) is 14.3 Å². The van der Waals surface area contributed by atoms with Crippen LogP contribution in [0.5, 0.6) is 0 Å². The minimum absolute atomic E-state index is 0.250. The number of hydrogen-bond acceptors (Lipinski definition) is 3. The first-order valence-electron chi connectivity index (χ1n) is 8.71. The van der Waals surface area contributed by atoms with Crippen molar-refractivity contribution in [1.82, 2.24) is 9.80 Å². The zero-order valence-electron chi connectivity index (χ0n) is 13.7. The number of amides is 2. The first-order valence-corrected chi connectivity index (χ1v) is 8.71. The summed E-state index contributed by atoms with van der Waals surface area (Å²) in [5, 5.41) is 0. The van der Waals surface area contributed by atoms with Crippen LogP contribution in [0.1, 0.15) is 44.9 Å². The number of carbonyl (C=O) groups excluding carboxylic acids is 2. The Morgan fingerprint density at radius 1 is 1.27 bits per heavy atom. The van der Waals surface area contributed by atoms with E-state index in [-0.39, 0.29) is 11.3 Å². The number of rotatable bonds is 5. The molecule has 3 rings (SSSR count). The normalized spacial score (nSPS) is 27.9. The second-order valence-corrected chi connectivity index (χ2v) is 7.27. The van der Waals surface area contributed by atoms with Gasteiger partial charge in [0.1, 0.15) is 0 Å². The molecule has 0 radical (unpaired) electrons. The van der Waals surface area contributed by atoms with E-state index < -0.39 is 0 Å². The van der Waals surface area contributed by atoms with Crippen molar-refractivity contribution < 1.29 is 14.3 Å². The third-order valence-corrected chi connectivity index (χ3v) is 5.64. The van der Waals surface area contributed by atoms with E-state index in [0.29, 0.717) is 24.9 Å². The Bertz CT molecular complexity index is 434. The van der Waals surface area contributed by atoms with Crippen molar-refractivity contribution in [2.45, 2.75) is 44.9 Å². The highest BCUT2D eigenvalue weighted by Gasteiger charge is 2.47. The molecule has 2 amide bonds. The van der Waals surface area contributed by atoms with Crippen LogP contribution in [0.2, 0.25) is 0 Å². The molecule has 22 heavy (non-hydrogen) atoms. The molecule has 3 aliphatic rings. The minimum Gasteiger partial charge on any atom is -0.384 e. The van der Waals surface area contributed by atoms with Crippen molar-refractivity contribution in [3.05, 3.63) is 0 Å². The molecule has 2 aliphatic heterocycles. The number of nitrogens with zero attached hydrogens (tertiary/aromatic N) is 2. The van der Waals surface area contributed by atoms with Gasteiger partial charge in [0.25, 0.3) is 0 Å². The van der Waals surface area contributed by atoms with Crippen LogP contribution >= 0.6 is 0 Å². The number of ether oxygens (including phenoxy) is 1. The molecule has 5 heteroatoms. The van der Waals surface area contributed by atoms with Crippen LogP contribution in [-0.4, -0.2) is 61.5 Å². The molecule has 0 aromatic heterocycles. The molecule has 0 aromatic rings. The minimum atomic E-state index is -0.250. The molecule has 0 unspecified atom stereocenters. The molecular formula is C17H28N2O3. The lowest BCUT2D eigenvalue weighted by Crippen LogP contribution is -2.53. The fourth-order valence-electron chi connectivity index (χ4n) is 4.24. The number of methoxy groups -OCH3 is 1. The fraction of sp³-hybridized carbons (Fsp3) is 0.882. The van der Waals surface area contributed by atoms with E-state index in [4.69, 9.17) is 4.74 Å². The molecule has 3 fully saturated rings. The van der Waals surface area contributed by atoms with E-state index in [0.717, 1.165) is 64.7 Å². The van der Waals surface area contributed by atoms with Crippen LogP contribution in [0.3, 0.4) is 0 Å². The van der Waals surface area contributed by atoms with E-state index in [2.05, 4.69) is 0 Å². The van der Waals surface area contributed by atoms with Crippen LogP contribution in [0.15, 0.2) is 0 Å². The van der Waals surface area contributed by atoms with Crippen molar-refractivity contribution in [3.8, 4) is 0 Å². The number of likely N-dealkylation sites (tertiary alicyclic amines) is 2. The average Bonchev–Trinajstić information content (AvgIpc) is 2.88. The van der Waals surface area contributed by atoms with Gasteiger partial charge in [0.15, 0.2) is 0 Å². The fourth-order valence-corrected chi connectivity index (χ4v) is 4.24. The molecule has 0 spiro atoms. The smallest absolute Gasteiger partial charge is 0.231 e. The third kappa shape index (κ3) is 3.00. The summed E-state index contributed by atoms with van der Waals surface area (Å²) >= 11 is 0. The summed E-state index contributed by atoms with van der Waals surface area (Å²) in [4.78, 5) is 28.7. The summed E-state index contributed by atoms with van der Waals surface area (Å²) in [6.45, 7) is 3.97. The molecule has 2 heterocycles. The lowest BCUT2D eigenvalue weighted by molar-refractivity contribution is -0.154. The van der Waals surface area contributed by atoms with Gasteiger partial charge < -0.3 is 14.5 Å². The highest BCUT2D eigenvalue weighted by molar-refractivity contribution is 5.84. The van der Waals surface area contributed by atoms with Crippen molar-refractivity contribution in [2.75, 3.05) is 39.9 Å². The first-order chi connectivity index (χ1) is 10.6. The first kappa shape index (κ1) is 15.8.